The lowest BCUT2D eigenvalue weighted by Crippen LogP contribution is -2.40. The molecule has 0 atom stereocenters. The molecule has 0 fully saturated rings. The van der Waals surface area contributed by atoms with E-state index in [0.29, 0.717) is 34.8 Å². The molecule has 1 aromatic heterocycles. The third kappa shape index (κ3) is 7.54. The number of halogens is 7. The number of fused-ring (bicyclic) bond motifs is 1. The number of anilines is 2. The summed E-state index contributed by atoms with van der Waals surface area (Å²) in [6.07, 6.45) is -9.72. The number of hydrogen-bond acceptors (Lipinski definition) is 7. The van der Waals surface area contributed by atoms with Crippen molar-refractivity contribution in [3.8, 4) is 5.75 Å². The molecule has 19 heteroatoms. The zero-order chi connectivity index (χ0) is 33.4. The van der Waals surface area contributed by atoms with Crippen LogP contribution in [0.25, 0.3) is 10.8 Å². The third-order valence-corrected chi connectivity index (χ3v) is 9.43. The summed E-state index contributed by atoms with van der Waals surface area (Å²) in [6, 6.07) is 10.5. The van der Waals surface area contributed by atoms with Gasteiger partial charge < -0.3 is 9.84 Å². The highest BCUT2D eigenvalue weighted by Crippen LogP contribution is 2.38. The topological polar surface area (TPSA) is 134 Å². The van der Waals surface area contributed by atoms with Gasteiger partial charge in [0, 0.05) is 10.8 Å². The normalized spacial score (nSPS) is 12.6. The minimum atomic E-state index is -5.19. The molecule has 45 heavy (non-hydrogen) atoms. The van der Waals surface area contributed by atoms with Crippen molar-refractivity contribution in [2.24, 2.45) is 0 Å². The highest BCUT2D eigenvalue weighted by molar-refractivity contribution is 7.93. The molecule has 0 aliphatic carbocycles. The highest BCUT2D eigenvalue weighted by atomic mass is 32.2. The molecule has 4 aromatic rings. The minimum absolute atomic E-state index is 0.123. The molecule has 0 amide bonds. The van der Waals surface area contributed by atoms with Crippen molar-refractivity contribution in [1.29, 1.82) is 0 Å². The van der Waals surface area contributed by atoms with Crippen LogP contribution in [0.3, 0.4) is 0 Å². The van der Waals surface area contributed by atoms with Gasteiger partial charge in [0.15, 0.2) is 5.82 Å². The Morgan fingerprint density at radius 2 is 1.29 bits per heavy atom. The van der Waals surface area contributed by atoms with Crippen molar-refractivity contribution in [3.63, 3.8) is 0 Å². The summed E-state index contributed by atoms with van der Waals surface area (Å²) in [4.78, 5) is 14.2. The van der Waals surface area contributed by atoms with E-state index in [1.807, 2.05) is 0 Å². The number of carbonyl (C=O) groups is 1. The van der Waals surface area contributed by atoms with E-state index in [9.17, 15) is 57.5 Å². The van der Waals surface area contributed by atoms with Crippen molar-refractivity contribution in [1.82, 2.24) is 4.98 Å². The number of sulfonamides is 2. The van der Waals surface area contributed by atoms with Crippen LogP contribution in [0, 0.1) is 5.82 Å². The molecule has 1 heterocycles. The van der Waals surface area contributed by atoms with E-state index in [-0.39, 0.29) is 15.1 Å². The third-order valence-electron chi connectivity index (χ3n) is 5.91. The number of alkyl halides is 6. The van der Waals surface area contributed by atoms with Crippen molar-refractivity contribution in [2.45, 2.75) is 22.3 Å². The van der Waals surface area contributed by atoms with E-state index in [4.69, 9.17) is 0 Å². The lowest BCUT2D eigenvalue weighted by atomic mass is 10.1. The van der Waals surface area contributed by atoms with Gasteiger partial charge in [-0.15, -0.1) is 13.2 Å². The van der Waals surface area contributed by atoms with Crippen LogP contribution in [0.15, 0.2) is 88.8 Å². The molecule has 0 bridgehead atoms. The number of carboxylic acid groups (broad SMARTS) is 1. The molecular formula is C26H18F7N3O7S2. The van der Waals surface area contributed by atoms with Gasteiger partial charge >= 0.3 is 18.5 Å². The molecule has 240 valence electrons. The van der Waals surface area contributed by atoms with Gasteiger partial charge in [0.2, 0.25) is 0 Å². The Balaban J connectivity index is 1.91. The fraction of sp³-hybridized carbons (Fsp3) is 0.154. The van der Waals surface area contributed by atoms with E-state index < -0.39 is 84.5 Å². The van der Waals surface area contributed by atoms with Crippen molar-refractivity contribution >= 4 is 48.3 Å². The first kappa shape index (κ1) is 33.2. The van der Waals surface area contributed by atoms with Crippen LogP contribution < -0.4 is 13.3 Å². The summed E-state index contributed by atoms with van der Waals surface area (Å²) < 4.78 is 150. The number of carboxylic acids is 1. The summed E-state index contributed by atoms with van der Waals surface area (Å²) in [5.74, 6) is -3.93. The summed E-state index contributed by atoms with van der Waals surface area (Å²) in [5.41, 5.74) is -0.725. The molecule has 0 spiro atoms. The second kappa shape index (κ2) is 12.0. The fourth-order valence-electron chi connectivity index (χ4n) is 4.09. The average Bonchev–Trinajstić information content (AvgIpc) is 2.93. The van der Waals surface area contributed by atoms with Crippen molar-refractivity contribution in [3.05, 3.63) is 84.8 Å². The number of ether oxygens (including phenoxy) is 1. The SMILES string of the molecule is O=C(O)CN(c1ncc(N(CC(F)(F)F)S(=O)(=O)c2ccc(OC(F)(F)F)cc2)c2ccccc12)S(=O)(=O)c1ccc(F)cc1. The maximum absolute atomic E-state index is 13.8. The molecule has 10 nitrogen and oxygen atoms in total. The number of benzene rings is 3. The average molecular weight is 682 g/mol. The number of nitrogens with zero attached hydrogens (tertiary/aromatic N) is 3. The van der Waals surface area contributed by atoms with E-state index in [1.54, 1.807) is 0 Å². The molecule has 0 radical (unpaired) electrons. The summed E-state index contributed by atoms with van der Waals surface area (Å²) in [5, 5.41) is 8.86. The second-order valence-corrected chi connectivity index (χ2v) is 12.7. The van der Waals surface area contributed by atoms with E-state index >= 15 is 0 Å². The first-order valence-corrected chi connectivity index (χ1v) is 15.0. The Morgan fingerprint density at radius 1 is 0.778 bits per heavy atom. The van der Waals surface area contributed by atoms with Crippen LogP contribution >= 0.6 is 0 Å². The zero-order valence-electron chi connectivity index (χ0n) is 22.1. The van der Waals surface area contributed by atoms with Crippen molar-refractivity contribution < 1.29 is 62.2 Å². The fourth-order valence-corrected chi connectivity index (χ4v) is 6.94. The van der Waals surface area contributed by atoms with E-state index in [1.165, 1.54) is 12.1 Å². The minimum Gasteiger partial charge on any atom is -0.480 e. The smallest absolute Gasteiger partial charge is 0.480 e. The van der Waals surface area contributed by atoms with Gasteiger partial charge in [-0.2, -0.15) is 13.2 Å². The monoisotopic (exact) mass is 681 g/mol. The predicted octanol–water partition coefficient (Wildman–Crippen LogP) is 5.31. The molecule has 0 saturated carbocycles. The molecule has 0 aliphatic heterocycles. The first-order valence-electron chi connectivity index (χ1n) is 12.1. The molecule has 3 aromatic carbocycles. The highest BCUT2D eigenvalue weighted by Gasteiger charge is 2.39. The number of pyridine rings is 1. The number of aromatic nitrogens is 1. The lowest BCUT2D eigenvalue weighted by molar-refractivity contribution is -0.274. The molecular weight excluding hydrogens is 663 g/mol. The van der Waals surface area contributed by atoms with Gasteiger partial charge in [-0.1, -0.05) is 24.3 Å². The van der Waals surface area contributed by atoms with Crippen LogP contribution in [-0.2, 0) is 24.8 Å². The van der Waals surface area contributed by atoms with Crippen LogP contribution in [0.5, 0.6) is 5.75 Å². The summed E-state index contributed by atoms with van der Waals surface area (Å²) in [6.45, 7) is -3.39. The van der Waals surface area contributed by atoms with Gasteiger partial charge in [-0.25, -0.2) is 30.5 Å². The summed E-state index contributed by atoms with van der Waals surface area (Å²) >= 11 is 0. The maximum atomic E-state index is 13.8. The van der Waals surface area contributed by atoms with Crippen LogP contribution in [0.1, 0.15) is 0 Å². The zero-order valence-corrected chi connectivity index (χ0v) is 23.8. The van der Waals surface area contributed by atoms with Crippen LogP contribution in [0.4, 0.5) is 42.2 Å². The molecule has 0 aliphatic rings. The van der Waals surface area contributed by atoms with E-state index in [2.05, 4.69) is 9.72 Å². The lowest BCUT2D eigenvalue weighted by Gasteiger charge is -2.28. The molecule has 4 rings (SSSR count). The Labute approximate surface area is 250 Å². The Hall–Kier alpha value is -4.65. The quantitative estimate of drug-likeness (QED) is 0.223. The second-order valence-electron chi connectivity index (χ2n) is 9.02. The molecule has 0 unspecified atom stereocenters. The standard InChI is InChI=1S/C26H18F7N3O7S2/c27-16-5-9-18(10-6-16)44(39,40)35(14-23(37)38)24-21-4-2-1-3-20(21)22(13-34-24)36(15-25(28,29)30)45(41,42)19-11-7-17(8-12-19)43-26(31,32)33/h1-13H,14-15H2,(H,37,38). The van der Waals surface area contributed by atoms with Gasteiger partial charge in [0.1, 0.15) is 24.7 Å². The predicted molar refractivity (Wildman–Crippen MR) is 144 cm³/mol. The van der Waals surface area contributed by atoms with Crippen LogP contribution in [-0.4, -0.2) is 58.5 Å². The van der Waals surface area contributed by atoms with Gasteiger partial charge in [-0.05, 0) is 48.5 Å². The largest absolute Gasteiger partial charge is 0.573 e. The number of rotatable bonds is 10. The Bertz CT molecular complexity index is 1940. The summed E-state index contributed by atoms with van der Waals surface area (Å²) in [7, 11) is -9.98. The van der Waals surface area contributed by atoms with Crippen molar-refractivity contribution in [2.75, 3.05) is 21.7 Å². The number of hydrogen-bond donors (Lipinski definition) is 1. The van der Waals surface area contributed by atoms with Gasteiger partial charge in [0.05, 0.1) is 21.7 Å². The first-order chi connectivity index (χ1) is 20.8. The Kier molecular flexibility index (Phi) is 8.89. The maximum Gasteiger partial charge on any atom is 0.573 e. The van der Waals surface area contributed by atoms with Gasteiger partial charge in [0.25, 0.3) is 20.0 Å². The molecule has 0 saturated heterocycles. The van der Waals surface area contributed by atoms with Gasteiger partial charge in [-0.3, -0.25) is 9.10 Å². The molecule has 1 N–H and O–H groups in total. The van der Waals surface area contributed by atoms with Crippen LogP contribution in [0.2, 0.25) is 0 Å². The number of aliphatic carboxylic acids is 1. The van der Waals surface area contributed by atoms with E-state index in [0.717, 1.165) is 36.4 Å². The Morgan fingerprint density at radius 3 is 1.80 bits per heavy atom.